The highest BCUT2D eigenvalue weighted by atomic mass is 32.2. The third kappa shape index (κ3) is 7.00. The molecular formula is C16H26N2O4S. The zero-order chi connectivity index (χ0) is 17.3. The van der Waals surface area contributed by atoms with Crippen LogP contribution in [-0.4, -0.2) is 46.9 Å². The molecule has 7 heteroatoms. The average molecular weight is 342 g/mol. The van der Waals surface area contributed by atoms with Crippen molar-refractivity contribution in [1.29, 1.82) is 0 Å². The second-order valence-corrected chi connectivity index (χ2v) is 7.10. The summed E-state index contributed by atoms with van der Waals surface area (Å²) >= 11 is 0. The van der Waals surface area contributed by atoms with E-state index in [-0.39, 0.29) is 12.5 Å². The minimum absolute atomic E-state index is 0.223. The predicted molar refractivity (Wildman–Crippen MR) is 92.1 cm³/mol. The number of hydrogen-bond acceptors (Lipinski definition) is 4. The minimum Gasteiger partial charge on any atom is -0.382 e. The van der Waals surface area contributed by atoms with E-state index >= 15 is 0 Å². The third-order valence-electron chi connectivity index (χ3n) is 3.31. The summed E-state index contributed by atoms with van der Waals surface area (Å²) in [5.41, 5.74) is 1.61. The van der Waals surface area contributed by atoms with Crippen LogP contribution in [0, 0.1) is 0 Å². The van der Waals surface area contributed by atoms with Crippen molar-refractivity contribution in [2.45, 2.75) is 26.7 Å². The van der Waals surface area contributed by atoms with Gasteiger partial charge in [-0.25, -0.2) is 8.42 Å². The highest BCUT2D eigenvalue weighted by Gasteiger charge is 2.20. The molecule has 0 heterocycles. The van der Waals surface area contributed by atoms with Crippen LogP contribution in [0.2, 0.25) is 0 Å². The van der Waals surface area contributed by atoms with Gasteiger partial charge in [-0.05, 0) is 37.5 Å². The summed E-state index contributed by atoms with van der Waals surface area (Å²) < 4.78 is 30.2. The van der Waals surface area contributed by atoms with Gasteiger partial charge >= 0.3 is 0 Å². The molecule has 0 fully saturated rings. The lowest BCUT2D eigenvalue weighted by Gasteiger charge is -2.22. The Morgan fingerprint density at radius 2 is 1.87 bits per heavy atom. The molecule has 1 aromatic carbocycles. The van der Waals surface area contributed by atoms with Gasteiger partial charge in [0.15, 0.2) is 0 Å². The second-order valence-electron chi connectivity index (χ2n) is 5.19. The fourth-order valence-electron chi connectivity index (χ4n) is 2.03. The van der Waals surface area contributed by atoms with Crippen LogP contribution in [0.15, 0.2) is 24.3 Å². The van der Waals surface area contributed by atoms with Crippen LogP contribution in [0.5, 0.6) is 0 Å². The van der Waals surface area contributed by atoms with Gasteiger partial charge in [0.05, 0.1) is 11.9 Å². The summed E-state index contributed by atoms with van der Waals surface area (Å²) in [6.07, 6.45) is 2.67. The molecule has 0 unspecified atom stereocenters. The number of rotatable bonds is 10. The van der Waals surface area contributed by atoms with Crippen LogP contribution < -0.4 is 9.62 Å². The lowest BCUT2D eigenvalue weighted by Crippen LogP contribution is -2.40. The standard InChI is InChI=1S/C16H26N2O4S/c1-4-14-7-9-15(10-8-14)18(23(3,20)21)13-16(19)17-11-6-12-22-5-2/h7-10H,4-6,11-13H2,1-3H3,(H,17,19). The molecule has 0 radical (unpaired) electrons. The van der Waals surface area contributed by atoms with Gasteiger partial charge in [0.1, 0.15) is 6.54 Å². The van der Waals surface area contributed by atoms with Gasteiger partial charge in [0.25, 0.3) is 0 Å². The molecule has 6 nitrogen and oxygen atoms in total. The Morgan fingerprint density at radius 3 is 2.39 bits per heavy atom. The first-order valence-corrected chi connectivity index (χ1v) is 9.64. The van der Waals surface area contributed by atoms with Crippen molar-refractivity contribution in [3.63, 3.8) is 0 Å². The first kappa shape index (κ1) is 19.4. The van der Waals surface area contributed by atoms with Gasteiger partial charge < -0.3 is 10.1 Å². The van der Waals surface area contributed by atoms with Crippen molar-refractivity contribution in [2.75, 3.05) is 36.9 Å². The van der Waals surface area contributed by atoms with Gasteiger partial charge in [-0.2, -0.15) is 0 Å². The molecule has 1 rings (SSSR count). The number of hydrogen-bond donors (Lipinski definition) is 1. The highest BCUT2D eigenvalue weighted by Crippen LogP contribution is 2.18. The van der Waals surface area contributed by atoms with Crippen LogP contribution in [-0.2, 0) is 26.0 Å². The summed E-state index contributed by atoms with van der Waals surface area (Å²) in [5.74, 6) is -0.327. The highest BCUT2D eigenvalue weighted by molar-refractivity contribution is 7.92. The Bertz CT molecular complexity index is 585. The summed E-state index contributed by atoms with van der Waals surface area (Å²) in [5, 5.41) is 2.71. The topological polar surface area (TPSA) is 75.7 Å². The zero-order valence-corrected chi connectivity index (χ0v) is 14.9. The minimum atomic E-state index is -3.52. The van der Waals surface area contributed by atoms with E-state index in [1.54, 1.807) is 12.1 Å². The van der Waals surface area contributed by atoms with E-state index in [0.717, 1.165) is 22.5 Å². The summed E-state index contributed by atoms with van der Waals surface area (Å²) in [6, 6.07) is 7.19. The number of nitrogens with one attached hydrogen (secondary N) is 1. The molecule has 0 aliphatic heterocycles. The van der Waals surface area contributed by atoms with Gasteiger partial charge in [0, 0.05) is 19.8 Å². The maximum absolute atomic E-state index is 12.0. The number of amides is 1. The normalized spacial score (nSPS) is 11.3. The Morgan fingerprint density at radius 1 is 1.22 bits per heavy atom. The molecule has 0 aliphatic rings. The van der Waals surface area contributed by atoms with E-state index in [0.29, 0.717) is 31.9 Å². The lowest BCUT2D eigenvalue weighted by atomic mass is 10.1. The molecule has 0 bridgehead atoms. The van der Waals surface area contributed by atoms with Crippen molar-refractivity contribution >= 4 is 21.6 Å². The van der Waals surface area contributed by atoms with Crippen molar-refractivity contribution in [3.8, 4) is 0 Å². The summed E-state index contributed by atoms with van der Waals surface area (Å²) in [7, 11) is -3.52. The number of carbonyl (C=O) groups is 1. The quantitative estimate of drug-likeness (QED) is 0.655. The van der Waals surface area contributed by atoms with Crippen molar-refractivity contribution < 1.29 is 17.9 Å². The number of ether oxygens (including phenoxy) is 1. The summed E-state index contributed by atoms with van der Waals surface area (Å²) in [4.78, 5) is 12.0. The molecular weight excluding hydrogens is 316 g/mol. The summed E-state index contributed by atoms with van der Waals surface area (Å²) in [6.45, 7) is 5.39. The van der Waals surface area contributed by atoms with Gasteiger partial charge in [-0.1, -0.05) is 19.1 Å². The lowest BCUT2D eigenvalue weighted by molar-refractivity contribution is -0.119. The molecule has 0 atom stereocenters. The van der Waals surface area contributed by atoms with E-state index in [9.17, 15) is 13.2 Å². The number of aryl methyl sites for hydroxylation is 1. The number of nitrogens with zero attached hydrogens (tertiary/aromatic N) is 1. The first-order valence-electron chi connectivity index (χ1n) is 7.79. The van der Waals surface area contributed by atoms with Crippen LogP contribution in [0.25, 0.3) is 0 Å². The molecule has 0 aliphatic carbocycles. The second kappa shape index (κ2) is 9.52. The third-order valence-corrected chi connectivity index (χ3v) is 4.45. The van der Waals surface area contributed by atoms with Gasteiger partial charge in [-0.3, -0.25) is 9.10 Å². The van der Waals surface area contributed by atoms with E-state index in [1.165, 1.54) is 0 Å². The SMILES string of the molecule is CCOCCCNC(=O)CN(c1ccc(CC)cc1)S(C)(=O)=O. The number of sulfonamides is 1. The van der Waals surface area contributed by atoms with Crippen molar-refractivity contribution in [2.24, 2.45) is 0 Å². The van der Waals surface area contributed by atoms with E-state index < -0.39 is 10.0 Å². The van der Waals surface area contributed by atoms with E-state index in [2.05, 4.69) is 5.32 Å². The van der Waals surface area contributed by atoms with Crippen LogP contribution in [0.4, 0.5) is 5.69 Å². The van der Waals surface area contributed by atoms with Crippen molar-refractivity contribution in [3.05, 3.63) is 29.8 Å². The Labute approximate surface area is 138 Å². The zero-order valence-electron chi connectivity index (χ0n) is 14.0. The monoisotopic (exact) mass is 342 g/mol. The molecule has 1 aromatic rings. The Hall–Kier alpha value is -1.60. The van der Waals surface area contributed by atoms with Crippen LogP contribution in [0.3, 0.4) is 0 Å². The maximum atomic E-state index is 12.0. The van der Waals surface area contributed by atoms with Crippen LogP contribution in [0.1, 0.15) is 25.8 Å². The molecule has 0 saturated heterocycles. The molecule has 1 N–H and O–H groups in total. The molecule has 0 saturated carbocycles. The van der Waals surface area contributed by atoms with E-state index in [4.69, 9.17) is 4.74 Å². The molecule has 130 valence electrons. The van der Waals surface area contributed by atoms with Crippen molar-refractivity contribution in [1.82, 2.24) is 5.32 Å². The van der Waals surface area contributed by atoms with E-state index in [1.807, 2.05) is 26.0 Å². The number of benzene rings is 1. The maximum Gasteiger partial charge on any atom is 0.240 e. The number of carbonyl (C=O) groups excluding carboxylic acids is 1. The fraction of sp³-hybridized carbons (Fsp3) is 0.562. The van der Waals surface area contributed by atoms with Crippen LogP contribution >= 0.6 is 0 Å². The molecule has 0 aromatic heterocycles. The predicted octanol–water partition coefficient (Wildman–Crippen LogP) is 1.56. The molecule has 0 spiro atoms. The number of anilines is 1. The average Bonchev–Trinajstić information content (AvgIpc) is 2.51. The first-order chi connectivity index (χ1) is 10.9. The molecule has 23 heavy (non-hydrogen) atoms. The van der Waals surface area contributed by atoms with Gasteiger partial charge in [-0.15, -0.1) is 0 Å². The van der Waals surface area contributed by atoms with Gasteiger partial charge in [0.2, 0.25) is 15.9 Å². The Kier molecular flexibility index (Phi) is 8.05. The molecule has 1 amide bonds. The fourth-order valence-corrected chi connectivity index (χ4v) is 2.89. The Balaban J connectivity index is 2.66. The smallest absolute Gasteiger partial charge is 0.240 e. The largest absolute Gasteiger partial charge is 0.382 e.